The number of hydrogen-bond acceptors (Lipinski definition) is 6. The molecule has 9 nitrogen and oxygen atoms in total. The molecule has 1 atom stereocenters. The molecule has 0 saturated heterocycles. The Hall–Kier alpha value is -4.11. The second-order valence-electron chi connectivity index (χ2n) is 7.73. The molecule has 2 aromatic heterocycles. The average Bonchev–Trinajstić information content (AvgIpc) is 2.84. The molecular weight excluding hydrogens is 472 g/mol. The molecule has 0 spiro atoms. The molecule has 2 heterocycles. The number of pyridine rings is 1. The fourth-order valence-electron chi connectivity index (χ4n) is 3.66. The molecule has 4 rings (SSSR count). The molecule has 0 aliphatic carbocycles. The summed E-state index contributed by atoms with van der Waals surface area (Å²) in [4.78, 5) is 27.6. The Morgan fingerprint density at radius 3 is 2.74 bits per heavy atom. The number of hydrogen-bond donors (Lipinski definition) is 2. The molecule has 0 radical (unpaired) electrons. The van der Waals surface area contributed by atoms with Crippen molar-refractivity contribution in [2.75, 3.05) is 13.7 Å². The van der Waals surface area contributed by atoms with Gasteiger partial charge in [-0.15, -0.1) is 0 Å². The van der Waals surface area contributed by atoms with Gasteiger partial charge >= 0.3 is 6.09 Å². The zero-order valence-corrected chi connectivity index (χ0v) is 19.8. The van der Waals surface area contributed by atoms with Gasteiger partial charge in [-0.25, -0.2) is 9.48 Å². The molecule has 4 aromatic rings. The van der Waals surface area contributed by atoms with Crippen LogP contribution in [0.15, 0.2) is 65.6 Å². The second kappa shape index (κ2) is 10.4. The van der Waals surface area contributed by atoms with Crippen molar-refractivity contribution in [3.05, 3.63) is 81.7 Å². The molecule has 0 aliphatic rings. The monoisotopic (exact) mass is 494 g/mol. The van der Waals surface area contributed by atoms with Crippen molar-refractivity contribution in [2.24, 2.45) is 0 Å². The molecule has 180 valence electrons. The van der Waals surface area contributed by atoms with Crippen LogP contribution in [0.3, 0.4) is 0 Å². The number of amides is 1. The van der Waals surface area contributed by atoms with Crippen molar-refractivity contribution < 1.29 is 19.4 Å². The summed E-state index contributed by atoms with van der Waals surface area (Å²) in [5.41, 5.74) is 2.38. The van der Waals surface area contributed by atoms with Gasteiger partial charge < -0.3 is 19.9 Å². The standard InChI is InChI=1S/C25H23ClN4O5/c1-15(28-25(32)33)18-5-3-16(13-20(18)26)21-7-8-24(31)30(29-21)11-12-35-23-9-10-27-22-14-17(34-2)4-6-19(22)23/h3-10,13-15,28H,11-12H2,1-2H3,(H,32,33). The molecule has 0 bridgehead atoms. The molecular formula is C25H23ClN4O5. The van der Waals surface area contributed by atoms with Crippen molar-refractivity contribution in [2.45, 2.75) is 19.5 Å². The van der Waals surface area contributed by atoms with E-state index in [0.29, 0.717) is 33.3 Å². The lowest BCUT2D eigenvalue weighted by Gasteiger charge is -2.15. The van der Waals surface area contributed by atoms with Crippen LogP contribution in [0.1, 0.15) is 18.5 Å². The SMILES string of the molecule is COc1ccc2c(OCCn3nc(-c4ccc(C(C)NC(=O)O)c(Cl)c4)ccc3=O)ccnc2c1. The third-order valence-electron chi connectivity index (χ3n) is 5.44. The van der Waals surface area contributed by atoms with Crippen molar-refractivity contribution >= 4 is 28.6 Å². The summed E-state index contributed by atoms with van der Waals surface area (Å²) in [5.74, 6) is 1.35. The lowest BCUT2D eigenvalue weighted by Crippen LogP contribution is -2.25. The zero-order chi connectivity index (χ0) is 24.9. The number of nitrogens with one attached hydrogen (secondary N) is 1. The average molecular weight is 495 g/mol. The van der Waals surface area contributed by atoms with E-state index in [1.54, 1.807) is 50.6 Å². The Labute approximate surface area is 205 Å². The van der Waals surface area contributed by atoms with E-state index in [2.05, 4.69) is 15.4 Å². The number of benzene rings is 2. The van der Waals surface area contributed by atoms with Gasteiger partial charge in [0.15, 0.2) is 0 Å². The summed E-state index contributed by atoms with van der Waals surface area (Å²) >= 11 is 6.38. The van der Waals surface area contributed by atoms with Gasteiger partial charge in [-0.3, -0.25) is 9.78 Å². The van der Waals surface area contributed by atoms with Crippen molar-refractivity contribution in [1.82, 2.24) is 20.1 Å². The first-order valence-corrected chi connectivity index (χ1v) is 11.2. The first-order valence-electron chi connectivity index (χ1n) is 10.8. The number of fused-ring (bicyclic) bond motifs is 1. The molecule has 35 heavy (non-hydrogen) atoms. The minimum atomic E-state index is -1.13. The van der Waals surface area contributed by atoms with E-state index in [9.17, 15) is 9.59 Å². The highest BCUT2D eigenvalue weighted by atomic mass is 35.5. The van der Waals surface area contributed by atoms with Crippen LogP contribution in [0.4, 0.5) is 4.79 Å². The van der Waals surface area contributed by atoms with Crippen molar-refractivity contribution in [3.63, 3.8) is 0 Å². The molecule has 2 aromatic carbocycles. The van der Waals surface area contributed by atoms with Gasteiger partial charge in [0.1, 0.15) is 18.1 Å². The Morgan fingerprint density at radius 2 is 2.00 bits per heavy atom. The number of methoxy groups -OCH3 is 1. The maximum atomic E-state index is 12.4. The van der Waals surface area contributed by atoms with Crippen LogP contribution >= 0.6 is 11.6 Å². The van der Waals surface area contributed by atoms with Crippen LogP contribution in [0.25, 0.3) is 22.2 Å². The summed E-state index contributed by atoms with van der Waals surface area (Å²) in [6, 6.07) is 15.1. The number of carboxylic acid groups (broad SMARTS) is 1. The highest BCUT2D eigenvalue weighted by molar-refractivity contribution is 6.31. The van der Waals surface area contributed by atoms with Crippen LogP contribution in [0.5, 0.6) is 11.5 Å². The predicted octanol–water partition coefficient (Wildman–Crippen LogP) is 4.53. The Kier molecular flexibility index (Phi) is 7.17. The van der Waals surface area contributed by atoms with Gasteiger partial charge in [-0.05, 0) is 42.8 Å². The summed E-state index contributed by atoms with van der Waals surface area (Å²) in [6.07, 6.45) is 0.524. The van der Waals surface area contributed by atoms with Gasteiger partial charge in [0.05, 0.1) is 30.9 Å². The van der Waals surface area contributed by atoms with E-state index >= 15 is 0 Å². The summed E-state index contributed by atoms with van der Waals surface area (Å²) in [5, 5.41) is 17.0. The third kappa shape index (κ3) is 5.52. The summed E-state index contributed by atoms with van der Waals surface area (Å²) < 4.78 is 12.5. The van der Waals surface area contributed by atoms with Crippen LogP contribution in [-0.4, -0.2) is 39.7 Å². The first kappa shape index (κ1) is 24.0. The molecule has 0 aliphatic heterocycles. The Morgan fingerprint density at radius 1 is 1.17 bits per heavy atom. The molecule has 1 amide bonds. The molecule has 0 fully saturated rings. The smallest absolute Gasteiger partial charge is 0.405 e. The van der Waals surface area contributed by atoms with E-state index in [1.807, 2.05) is 18.2 Å². The fourth-order valence-corrected chi connectivity index (χ4v) is 4.00. The molecule has 0 saturated carbocycles. The van der Waals surface area contributed by atoms with Gasteiger partial charge in [0.25, 0.3) is 5.56 Å². The maximum Gasteiger partial charge on any atom is 0.405 e. The first-order chi connectivity index (χ1) is 16.9. The van der Waals surface area contributed by atoms with E-state index < -0.39 is 12.1 Å². The van der Waals surface area contributed by atoms with E-state index in [0.717, 1.165) is 10.9 Å². The zero-order valence-electron chi connectivity index (χ0n) is 19.1. The van der Waals surface area contributed by atoms with Crippen molar-refractivity contribution in [1.29, 1.82) is 0 Å². The minimum absolute atomic E-state index is 0.222. The molecule has 10 heteroatoms. The Bertz CT molecular complexity index is 1440. The van der Waals surface area contributed by atoms with Crippen molar-refractivity contribution in [3.8, 4) is 22.8 Å². The summed E-state index contributed by atoms with van der Waals surface area (Å²) in [6.45, 7) is 2.16. The Balaban J connectivity index is 1.50. The predicted molar refractivity (Wildman–Crippen MR) is 132 cm³/mol. The normalized spacial score (nSPS) is 11.7. The van der Waals surface area contributed by atoms with Crippen LogP contribution in [-0.2, 0) is 6.54 Å². The lowest BCUT2D eigenvalue weighted by molar-refractivity contribution is 0.191. The number of ether oxygens (including phenoxy) is 2. The quantitative estimate of drug-likeness (QED) is 0.369. The van der Waals surface area contributed by atoms with E-state index in [-0.39, 0.29) is 18.7 Å². The highest BCUT2D eigenvalue weighted by Crippen LogP contribution is 2.29. The summed E-state index contributed by atoms with van der Waals surface area (Å²) in [7, 11) is 1.60. The van der Waals surface area contributed by atoms with Gasteiger partial charge in [0, 0.05) is 34.3 Å². The van der Waals surface area contributed by atoms with Gasteiger partial charge in [0.2, 0.25) is 0 Å². The van der Waals surface area contributed by atoms with Gasteiger partial charge in [-0.2, -0.15) is 5.10 Å². The number of halogens is 1. The van der Waals surface area contributed by atoms with Crippen LogP contribution < -0.4 is 20.3 Å². The number of aromatic nitrogens is 3. The molecule has 1 unspecified atom stereocenters. The maximum absolute atomic E-state index is 12.4. The second-order valence-corrected chi connectivity index (χ2v) is 8.14. The van der Waals surface area contributed by atoms with Crippen LogP contribution in [0, 0.1) is 0 Å². The number of rotatable bonds is 8. The highest BCUT2D eigenvalue weighted by Gasteiger charge is 2.14. The fraction of sp³-hybridized carbons (Fsp3) is 0.200. The van der Waals surface area contributed by atoms with Crippen LogP contribution in [0.2, 0.25) is 5.02 Å². The number of carbonyl (C=O) groups is 1. The number of nitrogens with zero attached hydrogens (tertiary/aromatic N) is 3. The third-order valence-corrected chi connectivity index (χ3v) is 5.77. The van der Waals surface area contributed by atoms with E-state index in [4.69, 9.17) is 26.2 Å². The molecule has 2 N–H and O–H groups in total. The minimum Gasteiger partial charge on any atom is -0.497 e. The van der Waals surface area contributed by atoms with E-state index in [1.165, 1.54) is 10.7 Å². The topological polar surface area (TPSA) is 116 Å². The largest absolute Gasteiger partial charge is 0.497 e. The lowest BCUT2D eigenvalue weighted by atomic mass is 10.0. The van der Waals surface area contributed by atoms with Gasteiger partial charge in [-0.1, -0.05) is 23.7 Å².